The van der Waals surface area contributed by atoms with Crippen LogP contribution in [0, 0.1) is 0 Å². The number of carboxylic acid groups (broad SMARTS) is 1. The van der Waals surface area contributed by atoms with E-state index in [0.717, 1.165) is 5.56 Å². The molecule has 25 heavy (non-hydrogen) atoms. The van der Waals surface area contributed by atoms with Gasteiger partial charge in [0.2, 0.25) is 6.79 Å². The van der Waals surface area contributed by atoms with Crippen molar-refractivity contribution in [1.82, 2.24) is 0 Å². The number of methoxy groups -OCH3 is 1. The Morgan fingerprint density at radius 1 is 1.12 bits per heavy atom. The van der Waals surface area contributed by atoms with Crippen LogP contribution in [0.4, 0.5) is 0 Å². The average Bonchev–Trinajstić information content (AvgIpc) is 3.08. The quantitative estimate of drug-likeness (QED) is 0.635. The van der Waals surface area contributed by atoms with Gasteiger partial charge in [-0.15, -0.1) is 0 Å². The number of fused-ring (bicyclic) bond motifs is 1. The number of carbonyl (C=O) groups is 2. The molecule has 1 N–H and O–H groups in total. The largest absolute Gasteiger partial charge is 0.497 e. The second-order valence-electron chi connectivity index (χ2n) is 5.34. The summed E-state index contributed by atoms with van der Waals surface area (Å²) in [6, 6.07) is 11.5. The first kappa shape index (κ1) is 16.6. The number of ether oxygens (including phenoxy) is 4. The van der Waals surface area contributed by atoms with E-state index in [1.807, 2.05) is 0 Å². The molecule has 0 unspecified atom stereocenters. The second-order valence-corrected chi connectivity index (χ2v) is 5.34. The molecular weight excluding hydrogens is 328 g/mol. The van der Waals surface area contributed by atoms with Crippen molar-refractivity contribution in [2.45, 2.75) is 12.5 Å². The fourth-order valence-corrected chi connectivity index (χ4v) is 2.43. The van der Waals surface area contributed by atoms with E-state index < -0.39 is 17.9 Å². The van der Waals surface area contributed by atoms with Crippen molar-refractivity contribution in [3.63, 3.8) is 0 Å². The third-order valence-corrected chi connectivity index (χ3v) is 3.75. The Morgan fingerprint density at radius 2 is 1.84 bits per heavy atom. The van der Waals surface area contributed by atoms with Gasteiger partial charge in [-0.05, 0) is 35.4 Å². The predicted molar refractivity (Wildman–Crippen MR) is 85.7 cm³/mol. The van der Waals surface area contributed by atoms with Gasteiger partial charge in [-0.25, -0.2) is 0 Å². The molecule has 2 aromatic rings. The van der Waals surface area contributed by atoms with Crippen LogP contribution in [0.3, 0.4) is 0 Å². The Bertz CT molecular complexity index is 783. The molecule has 0 aliphatic carbocycles. The van der Waals surface area contributed by atoms with Crippen molar-refractivity contribution in [2.24, 2.45) is 0 Å². The van der Waals surface area contributed by atoms with Gasteiger partial charge in [-0.1, -0.05) is 18.2 Å². The van der Waals surface area contributed by atoms with Crippen molar-refractivity contribution in [1.29, 1.82) is 0 Å². The van der Waals surface area contributed by atoms with Crippen molar-refractivity contribution in [2.75, 3.05) is 13.9 Å². The Labute approximate surface area is 143 Å². The maximum atomic E-state index is 12.3. The van der Waals surface area contributed by atoms with E-state index in [2.05, 4.69) is 0 Å². The third-order valence-electron chi connectivity index (χ3n) is 3.75. The van der Waals surface area contributed by atoms with E-state index >= 15 is 0 Å². The van der Waals surface area contributed by atoms with E-state index in [9.17, 15) is 14.7 Å². The summed E-state index contributed by atoms with van der Waals surface area (Å²) in [5.41, 5.74) is 1.00. The number of hydrogen-bond donors (Lipinski definition) is 1. The monoisotopic (exact) mass is 344 g/mol. The van der Waals surface area contributed by atoms with Crippen molar-refractivity contribution < 1.29 is 33.6 Å². The number of aliphatic carboxylic acids is 1. The van der Waals surface area contributed by atoms with E-state index in [1.54, 1.807) is 37.4 Å². The summed E-state index contributed by atoms with van der Waals surface area (Å²) in [6.07, 6.45) is 0. The van der Waals surface area contributed by atoms with Crippen LogP contribution >= 0.6 is 0 Å². The topological polar surface area (TPSA) is 91.3 Å². The number of hydrogen-bond acceptors (Lipinski definition) is 6. The molecule has 1 heterocycles. The molecule has 7 nitrogen and oxygen atoms in total. The summed E-state index contributed by atoms with van der Waals surface area (Å²) in [5.74, 6) is -1.97. The number of carbonyl (C=O) groups excluding carboxylic acids is 1. The minimum Gasteiger partial charge on any atom is -0.497 e. The van der Waals surface area contributed by atoms with Gasteiger partial charge in [0.25, 0.3) is 0 Å². The first-order chi connectivity index (χ1) is 12.1. The first-order valence-corrected chi connectivity index (χ1v) is 7.50. The normalized spacial score (nSPS) is 13.2. The SMILES string of the molecule is COc1ccc(COC(=O)[C@H](C(=O)O)c2ccc3c(c2)OCO3)cc1. The Kier molecular flexibility index (Phi) is 4.74. The van der Waals surface area contributed by atoms with Crippen LogP contribution in [-0.4, -0.2) is 30.9 Å². The first-order valence-electron chi connectivity index (χ1n) is 7.50. The molecule has 3 rings (SSSR count). The lowest BCUT2D eigenvalue weighted by Gasteiger charge is -2.13. The summed E-state index contributed by atoms with van der Waals surface area (Å²) >= 11 is 0. The van der Waals surface area contributed by atoms with Gasteiger partial charge in [0, 0.05) is 0 Å². The predicted octanol–water partition coefficient (Wildman–Crippen LogP) is 2.34. The summed E-state index contributed by atoms with van der Waals surface area (Å²) in [4.78, 5) is 23.8. The van der Waals surface area contributed by atoms with Crippen molar-refractivity contribution in [3.8, 4) is 17.2 Å². The zero-order chi connectivity index (χ0) is 17.8. The number of benzene rings is 2. The lowest BCUT2D eigenvalue weighted by Crippen LogP contribution is -2.23. The average molecular weight is 344 g/mol. The summed E-state index contributed by atoms with van der Waals surface area (Å²) in [5, 5.41) is 9.42. The lowest BCUT2D eigenvalue weighted by atomic mass is 9.99. The summed E-state index contributed by atoms with van der Waals surface area (Å²) < 4.78 is 20.6. The zero-order valence-corrected chi connectivity index (χ0v) is 13.4. The van der Waals surface area contributed by atoms with Crippen LogP contribution in [0.2, 0.25) is 0 Å². The number of esters is 1. The highest BCUT2D eigenvalue weighted by Crippen LogP contribution is 2.35. The highest BCUT2D eigenvalue weighted by molar-refractivity contribution is 6.00. The van der Waals surface area contributed by atoms with E-state index in [-0.39, 0.29) is 19.0 Å². The molecule has 0 bridgehead atoms. The molecule has 0 amide bonds. The van der Waals surface area contributed by atoms with Crippen LogP contribution in [0.15, 0.2) is 42.5 Å². The molecule has 130 valence electrons. The number of carboxylic acids is 1. The fourth-order valence-electron chi connectivity index (χ4n) is 2.43. The third kappa shape index (κ3) is 3.65. The highest BCUT2D eigenvalue weighted by Gasteiger charge is 2.31. The van der Waals surface area contributed by atoms with Gasteiger partial charge >= 0.3 is 11.9 Å². The van der Waals surface area contributed by atoms with Crippen molar-refractivity contribution in [3.05, 3.63) is 53.6 Å². The molecule has 0 aromatic heterocycles. The molecule has 1 atom stereocenters. The van der Waals surface area contributed by atoms with Gasteiger partial charge < -0.3 is 24.1 Å². The minimum atomic E-state index is -1.44. The molecular formula is C18H16O7. The minimum absolute atomic E-state index is 0.0306. The Balaban J connectivity index is 1.71. The van der Waals surface area contributed by atoms with Crippen LogP contribution in [-0.2, 0) is 20.9 Å². The Hall–Kier alpha value is -3.22. The smallest absolute Gasteiger partial charge is 0.325 e. The molecule has 0 saturated heterocycles. The van der Waals surface area contributed by atoms with Crippen LogP contribution in [0.1, 0.15) is 17.0 Å². The van der Waals surface area contributed by atoms with Crippen LogP contribution in [0.5, 0.6) is 17.2 Å². The zero-order valence-electron chi connectivity index (χ0n) is 13.4. The van der Waals surface area contributed by atoms with E-state index in [4.69, 9.17) is 18.9 Å². The van der Waals surface area contributed by atoms with Gasteiger partial charge in [0.1, 0.15) is 12.4 Å². The summed E-state index contributed by atoms with van der Waals surface area (Å²) in [6.45, 7) is 0.0373. The maximum absolute atomic E-state index is 12.3. The second kappa shape index (κ2) is 7.12. The lowest BCUT2D eigenvalue weighted by molar-refractivity contribution is -0.155. The molecule has 2 aromatic carbocycles. The van der Waals surface area contributed by atoms with Gasteiger partial charge in [-0.3, -0.25) is 9.59 Å². The molecule has 0 spiro atoms. The fraction of sp³-hybridized carbons (Fsp3) is 0.222. The standard InChI is InChI=1S/C18H16O7/c1-22-13-5-2-11(3-6-13)9-23-18(21)16(17(19)20)12-4-7-14-15(8-12)25-10-24-14/h2-8,16H,9-10H2,1H3,(H,19,20)/t16-/m0/s1. The molecule has 0 fully saturated rings. The molecule has 1 aliphatic heterocycles. The van der Waals surface area contributed by atoms with Gasteiger partial charge in [0.15, 0.2) is 17.4 Å². The Morgan fingerprint density at radius 3 is 2.52 bits per heavy atom. The van der Waals surface area contributed by atoms with Crippen molar-refractivity contribution >= 4 is 11.9 Å². The highest BCUT2D eigenvalue weighted by atomic mass is 16.7. The van der Waals surface area contributed by atoms with E-state index in [1.165, 1.54) is 12.1 Å². The molecule has 7 heteroatoms. The van der Waals surface area contributed by atoms with Crippen LogP contribution in [0.25, 0.3) is 0 Å². The maximum Gasteiger partial charge on any atom is 0.325 e. The molecule has 0 radical (unpaired) electrons. The number of rotatable bonds is 6. The summed E-state index contributed by atoms with van der Waals surface area (Å²) in [7, 11) is 1.55. The van der Waals surface area contributed by atoms with Gasteiger partial charge in [-0.2, -0.15) is 0 Å². The van der Waals surface area contributed by atoms with Crippen LogP contribution < -0.4 is 14.2 Å². The molecule has 0 saturated carbocycles. The van der Waals surface area contributed by atoms with Gasteiger partial charge in [0.05, 0.1) is 7.11 Å². The molecule has 1 aliphatic rings. The van der Waals surface area contributed by atoms with E-state index in [0.29, 0.717) is 17.2 Å².